The Balaban J connectivity index is 1.71. The summed E-state index contributed by atoms with van der Waals surface area (Å²) >= 11 is 0. The molecule has 3 aromatic carbocycles. The summed E-state index contributed by atoms with van der Waals surface area (Å²) in [4.78, 5) is 24.0. The van der Waals surface area contributed by atoms with Crippen molar-refractivity contribution in [3.8, 4) is 11.5 Å². The van der Waals surface area contributed by atoms with Crippen molar-refractivity contribution in [2.75, 3.05) is 27.9 Å². The molecule has 1 aliphatic rings. The fraction of sp³-hybridized carbons (Fsp3) is 0.355. The maximum absolute atomic E-state index is 15.1. The largest absolute Gasteiger partial charge is 0.497 e. The van der Waals surface area contributed by atoms with Crippen LogP contribution in [0.15, 0.2) is 78.9 Å². The van der Waals surface area contributed by atoms with Crippen LogP contribution in [0.25, 0.3) is 0 Å². The highest BCUT2D eigenvalue weighted by Crippen LogP contribution is 2.42. The van der Waals surface area contributed by atoms with Crippen LogP contribution >= 0.6 is 0 Å². The molecule has 1 fully saturated rings. The van der Waals surface area contributed by atoms with E-state index in [-0.39, 0.29) is 25.4 Å². The summed E-state index contributed by atoms with van der Waals surface area (Å²) in [6, 6.07) is 23.2. The lowest BCUT2D eigenvalue weighted by atomic mass is 9.80. The molecule has 1 N–H and O–H groups in total. The van der Waals surface area contributed by atoms with E-state index in [0.29, 0.717) is 11.5 Å². The molecule has 8 nitrogen and oxygen atoms in total. The van der Waals surface area contributed by atoms with Gasteiger partial charge in [-0.1, -0.05) is 54.6 Å². The summed E-state index contributed by atoms with van der Waals surface area (Å²) in [5.74, 6) is 0.271. The average molecular weight is 561 g/mol. The minimum absolute atomic E-state index is 0.0842. The first kappa shape index (κ1) is 30.1. The molecule has 0 saturated carbocycles. The van der Waals surface area contributed by atoms with Crippen molar-refractivity contribution < 1.29 is 37.7 Å². The number of esters is 1. The van der Waals surface area contributed by atoms with Gasteiger partial charge in [0.15, 0.2) is 12.3 Å². The quantitative estimate of drug-likeness (QED) is 0.205. The van der Waals surface area contributed by atoms with Gasteiger partial charge in [0.2, 0.25) is 5.91 Å². The second-order valence-corrected chi connectivity index (χ2v) is 9.53. The van der Waals surface area contributed by atoms with E-state index in [4.69, 9.17) is 31.5 Å². The van der Waals surface area contributed by atoms with Crippen molar-refractivity contribution in [2.24, 2.45) is 0 Å². The first-order valence-electron chi connectivity index (χ1n) is 13.3. The molecule has 1 aliphatic heterocycles. The Morgan fingerprint density at radius 2 is 1.41 bits per heavy atom. The molecule has 3 aromatic rings. The first-order valence-corrected chi connectivity index (χ1v) is 13.3. The predicted octanol–water partition coefficient (Wildman–Crippen LogP) is 3.68. The van der Waals surface area contributed by atoms with Gasteiger partial charge in [0, 0.05) is 13.5 Å². The number of nitrogens with one attached hydrogen (secondary N) is 1. The van der Waals surface area contributed by atoms with Crippen LogP contribution in [-0.2, 0) is 29.4 Å². The van der Waals surface area contributed by atoms with Crippen LogP contribution in [0, 0.1) is 0 Å². The molecule has 10 heteroatoms. The van der Waals surface area contributed by atoms with Crippen LogP contribution in [0.2, 0.25) is 0 Å². The minimum Gasteiger partial charge on any atom is -0.497 e. The molecule has 1 amide bonds. The van der Waals surface area contributed by atoms with Crippen LogP contribution in [0.3, 0.4) is 0 Å². The Kier molecular flexibility index (Phi) is 10.0. The van der Waals surface area contributed by atoms with Crippen molar-refractivity contribution in [1.82, 2.24) is 5.32 Å². The Morgan fingerprint density at radius 1 is 0.878 bits per heavy atom. The average Bonchev–Trinajstić information content (AvgIpc) is 3.28. The smallest absolute Gasteiger partial charge is 0.306 e. The van der Waals surface area contributed by atoms with Crippen molar-refractivity contribution in [1.29, 1.82) is 0 Å². The Morgan fingerprint density at radius 3 is 1.93 bits per heavy atom. The normalized spacial score (nSPS) is 20.3. The van der Waals surface area contributed by atoms with Crippen LogP contribution in [0.5, 0.6) is 11.5 Å². The summed E-state index contributed by atoms with van der Waals surface area (Å²) in [6.07, 6.45) is -4.40. The molecule has 1 unspecified atom stereocenters. The van der Waals surface area contributed by atoms with Crippen LogP contribution < -0.4 is 14.8 Å². The molecule has 41 heavy (non-hydrogen) atoms. The molecule has 0 aliphatic carbocycles. The van der Waals surface area contributed by atoms with Gasteiger partial charge in [0.05, 0.1) is 33.3 Å². The Labute approximate surface area is 240 Å². The highest BCUT2D eigenvalue weighted by Gasteiger charge is 2.47. The highest BCUT2D eigenvalue weighted by atomic mass is 19.1. The molecular formula is C31H33BFNO7. The number of hydrogen-bond acceptors (Lipinski definition) is 7. The number of rotatable bonds is 12. The van der Waals surface area contributed by atoms with E-state index in [0.717, 1.165) is 16.7 Å². The molecule has 4 atom stereocenters. The number of halogens is 1. The lowest BCUT2D eigenvalue weighted by Crippen LogP contribution is -2.41. The fourth-order valence-electron chi connectivity index (χ4n) is 4.85. The molecule has 0 bridgehead atoms. The summed E-state index contributed by atoms with van der Waals surface area (Å²) < 4.78 is 43.8. The lowest BCUT2D eigenvalue weighted by Gasteiger charge is -2.37. The van der Waals surface area contributed by atoms with E-state index in [1.165, 1.54) is 7.05 Å². The first-order chi connectivity index (χ1) is 19.8. The molecule has 214 valence electrons. The molecule has 2 radical (unpaired) electrons. The van der Waals surface area contributed by atoms with Crippen molar-refractivity contribution >= 4 is 19.7 Å². The number of amides is 1. The van der Waals surface area contributed by atoms with Gasteiger partial charge in [0.25, 0.3) is 0 Å². The number of methoxy groups -OCH3 is 2. The second kappa shape index (κ2) is 13.7. The minimum atomic E-state index is -1.78. The Bertz CT molecular complexity index is 1240. The van der Waals surface area contributed by atoms with Gasteiger partial charge in [-0.3, -0.25) is 9.59 Å². The Hall–Kier alpha value is -3.89. The van der Waals surface area contributed by atoms with Gasteiger partial charge in [-0.2, -0.15) is 0 Å². The predicted molar refractivity (Wildman–Crippen MR) is 151 cm³/mol. The molecule has 1 heterocycles. The maximum atomic E-state index is 15.1. The van der Waals surface area contributed by atoms with E-state index >= 15 is 4.39 Å². The van der Waals surface area contributed by atoms with E-state index in [1.807, 2.05) is 78.9 Å². The third kappa shape index (κ3) is 6.72. The number of alkyl halides is 1. The van der Waals surface area contributed by atoms with E-state index in [2.05, 4.69) is 5.32 Å². The molecular weight excluding hydrogens is 528 g/mol. The summed E-state index contributed by atoms with van der Waals surface area (Å²) in [5.41, 5.74) is 1.16. The zero-order chi connectivity index (χ0) is 29.4. The number of ether oxygens (including phenoxy) is 5. The molecule has 0 aromatic heterocycles. The number of benzene rings is 3. The third-order valence-electron chi connectivity index (χ3n) is 7.07. The zero-order valence-electron chi connectivity index (χ0n) is 23.2. The van der Waals surface area contributed by atoms with E-state index in [9.17, 15) is 9.59 Å². The third-order valence-corrected chi connectivity index (χ3v) is 7.07. The standard InChI is InChI=1S/C31H33BFNO7/c1-34-26(35)17-18-27(36)41-29-25(40-30(32)28(29)33)19-39-31(20-7-5-4-6-8-20,21-9-13-23(37-2)14-10-21)22-11-15-24(38-3)16-12-22/h4-16,25,28-30H,17-19H2,1-3H3,(H,34,35)/t25-,28?,29+,30-/m1/s1. The molecule has 1 saturated heterocycles. The van der Waals surface area contributed by atoms with Gasteiger partial charge in [-0.05, 0) is 41.0 Å². The van der Waals surface area contributed by atoms with Crippen molar-refractivity contribution in [3.05, 3.63) is 95.6 Å². The fourth-order valence-corrected chi connectivity index (χ4v) is 4.85. The second-order valence-electron chi connectivity index (χ2n) is 9.53. The molecule has 4 rings (SSSR count). The van der Waals surface area contributed by atoms with E-state index in [1.54, 1.807) is 14.2 Å². The van der Waals surface area contributed by atoms with Crippen molar-refractivity contribution in [2.45, 2.75) is 42.8 Å². The van der Waals surface area contributed by atoms with Gasteiger partial charge in [0.1, 0.15) is 31.1 Å². The van der Waals surface area contributed by atoms with Gasteiger partial charge in [-0.15, -0.1) is 0 Å². The SMILES string of the molecule is [B][C@@H]1O[C@H](COC(c2ccccc2)(c2ccc(OC)cc2)c2ccc(OC)cc2)[C@H](OC(=O)CCC(=O)NC)C1F. The van der Waals surface area contributed by atoms with Gasteiger partial charge < -0.3 is 29.0 Å². The van der Waals surface area contributed by atoms with Crippen molar-refractivity contribution in [3.63, 3.8) is 0 Å². The number of carbonyl (C=O) groups excluding carboxylic acids is 2. The van der Waals surface area contributed by atoms with Crippen LogP contribution in [-0.4, -0.2) is 72.0 Å². The maximum Gasteiger partial charge on any atom is 0.306 e. The van der Waals surface area contributed by atoms with E-state index < -0.39 is 36.0 Å². The zero-order valence-corrected chi connectivity index (χ0v) is 23.2. The summed E-state index contributed by atoms with van der Waals surface area (Å²) in [5, 5.41) is 2.44. The van der Waals surface area contributed by atoms with Crippen LogP contribution in [0.4, 0.5) is 4.39 Å². The highest BCUT2D eigenvalue weighted by molar-refractivity contribution is 6.11. The number of carbonyl (C=O) groups is 2. The van der Waals surface area contributed by atoms with Gasteiger partial charge >= 0.3 is 5.97 Å². The van der Waals surface area contributed by atoms with Crippen LogP contribution in [0.1, 0.15) is 29.5 Å². The number of hydrogen-bond donors (Lipinski definition) is 1. The lowest BCUT2D eigenvalue weighted by molar-refractivity contribution is -0.158. The molecule has 0 spiro atoms. The summed E-state index contributed by atoms with van der Waals surface area (Å²) in [6.45, 7) is -0.172. The topological polar surface area (TPSA) is 92.3 Å². The van der Waals surface area contributed by atoms with Gasteiger partial charge in [-0.25, -0.2) is 4.39 Å². The monoisotopic (exact) mass is 561 g/mol. The summed E-state index contributed by atoms with van der Waals surface area (Å²) in [7, 11) is 10.5.